The number of hydrogen-bond donors (Lipinski definition) is 1. The molecule has 0 spiro atoms. The van der Waals surface area contributed by atoms with E-state index in [1.54, 1.807) is 0 Å². The summed E-state index contributed by atoms with van der Waals surface area (Å²) < 4.78 is 5.23. The molecule has 0 saturated carbocycles. The van der Waals surface area contributed by atoms with Gasteiger partial charge in [0, 0.05) is 25.0 Å². The number of rotatable bonds is 3. The summed E-state index contributed by atoms with van der Waals surface area (Å²) in [7, 11) is 0. The van der Waals surface area contributed by atoms with E-state index in [2.05, 4.69) is 29.4 Å². The lowest BCUT2D eigenvalue weighted by molar-refractivity contribution is -0.122. The Morgan fingerprint density at radius 3 is 2.71 bits per heavy atom. The SMILES string of the molecule is CC(C)c1nnc(NC(=O)C2CCOCC2)s1. The minimum absolute atomic E-state index is 0.0414. The molecule has 0 radical (unpaired) electrons. The Morgan fingerprint density at radius 2 is 2.12 bits per heavy atom. The zero-order valence-electron chi connectivity index (χ0n) is 10.1. The number of nitrogens with one attached hydrogen (secondary N) is 1. The molecule has 2 rings (SSSR count). The number of carbonyl (C=O) groups is 1. The van der Waals surface area contributed by atoms with Crippen molar-refractivity contribution in [3.63, 3.8) is 0 Å². The molecule has 1 N–H and O–H groups in total. The molecule has 1 aliphatic heterocycles. The van der Waals surface area contributed by atoms with Crippen LogP contribution in [0.1, 0.15) is 37.6 Å². The molecular formula is C11H17N3O2S. The number of nitrogens with zero attached hydrogens (tertiary/aromatic N) is 2. The molecule has 1 aromatic heterocycles. The lowest BCUT2D eigenvalue weighted by Gasteiger charge is -2.20. The minimum atomic E-state index is 0.0414. The fourth-order valence-corrected chi connectivity index (χ4v) is 2.43. The molecule has 1 aromatic rings. The normalized spacial score (nSPS) is 17.4. The lowest BCUT2D eigenvalue weighted by Crippen LogP contribution is -2.28. The van der Waals surface area contributed by atoms with Gasteiger partial charge in [-0.3, -0.25) is 4.79 Å². The fraction of sp³-hybridized carbons (Fsp3) is 0.727. The first-order valence-corrected chi connectivity index (χ1v) is 6.70. The Bertz CT molecular complexity index is 386. The second kappa shape index (κ2) is 5.55. The average Bonchev–Trinajstić information content (AvgIpc) is 2.79. The highest BCUT2D eigenvalue weighted by Gasteiger charge is 2.22. The molecule has 94 valence electrons. The maximum Gasteiger partial charge on any atom is 0.229 e. The Kier molecular flexibility index (Phi) is 4.06. The van der Waals surface area contributed by atoms with Crippen molar-refractivity contribution in [2.45, 2.75) is 32.6 Å². The van der Waals surface area contributed by atoms with Crippen LogP contribution in [-0.4, -0.2) is 29.3 Å². The molecule has 0 unspecified atom stereocenters. The molecule has 2 heterocycles. The largest absolute Gasteiger partial charge is 0.381 e. The summed E-state index contributed by atoms with van der Waals surface area (Å²) in [5, 5.41) is 12.4. The van der Waals surface area contributed by atoms with Crippen molar-refractivity contribution in [1.82, 2.24) is 10.2 Å². The van der Waals surface area contributed by atoms with E-state index in [0.717, 1.165) is 17.8 Å². The van der Waals surface area contributed by atoms with Crippen LogP contribution in [-0.2, 0) is 9.53 Å². The van der Waals surface area contributed by atoms with Crippen molar-refractivity contribution in [3.05, 3.63) is 5.01 Å². The third-order valence-electron chi connectivity index (χ3n) is 2.76. The fourth-order valence-electron chi connectivity index (χ4n) is 1.69. The van der Waals surface area contributed by atoms with Gasteiger partial charge in [-0.1, -0.05) is 25.2 Å². The number of ether oxygens (including phenoxy) is 1. The van der Waals surface area contributed by atoms with Crippen LogP contribution < -0.4 is 5.32 Å². The molecule has 6 heteroatoms. The molecule has 1 amide bonds. The monoisotopic (exact) mass is 255 g/mol. The van der Waals surface area contributed by atoms with Crippen LogP contribution in [0.4, 0.5) is 5.13 Å². The molecular weight excluding hydrogens is 238 g/mol. The predicted molar refractivity (Wildman–Crippen MR) is 66.2 cm³/mol. The van der Waals surface area contributed by atoms with Gasteiger partial charge in [-0.05, 0) is 12.8 Å². The molecule has 17 heavy (non-hydrogen) atoms. The van der Waals surface area contributed by atoms with E-state index in [4.69, 9.17) is 4.74 Å². The van der Waals surface area contributed by atoms with Gasteiger partial charge in [0.05, 0.1) is 0 Å². The van der Waals surface area contributed by atoms with E-state index in [-0.39, 0.29) is 11.8 Å². The van der Waals surface area contributed by atoms with Crippen LogP contribution in [0.2, 0.25) is 0 Å². The highest BCUT2D eigenvalue weighted by atomic mass is 32.1. The number of amides is 1. The Labute approximate surface area is 105 Å². The van der Waals surface area contributed by atoms with Gasteiger partial charge in [-0.2, -0.15) is 0 Å². The molecule has 1 aliphatic rings. The van der Waals surface area contributed by atoms with E-state index in [1.807, 2.05) is 0 Å². The summed E-state index contributed by atoms with van der Waals surface area (Å²) in [5.74, 6) is 0.441. The van der Waals surface area contributed by atoms with Gasteiger partial charge >= 0.3 is 0 Å². The van der Waals surface area contributed by atoms with E-state index >= 15 is 0 Å². The van der Waals surface area contributed by atoms with Gasteiger partial charge in [0.25, 0.3) is 0 Å². The van der Waals surface area contributed by atoms with E-state index in [1.165, 1.54) is 11.3 Å². The van der Waals surface area contributed by atoms with Crippen molar-refractivity contribution in [2.75, 3.05) is 18.5 Å². The highest BCUT2D eigenvalue weighted by Crippen LogP contribution is 2.24. The third-order valence-corrected chi connectivity index (χ3v) is 3.90. The summed E-state index contributed by atoms with van der Waals surface area (Å²) in [6.45, 7) is 5.46. The zero-order chi connectivity index (χ0) is 12.3. The molecule has 0 aliphatic carbocycles. The van der Waals surface area contributed by atoms with Crippen molar-refractivity contribution in [3.8, 4) is 0 Å². The van der Waals surface area contributed by atoms with Gasteiger partial charge in [0.2, 0.25) is 11.0 Å². The smallest absolute Gasteiger partial charge is 0.229 e. The molecule has 0 aromatic carbocycles. The first kappa shape index (κ1) is 12.4. The lowest BCUT2D eigenvalue weighted by atomic mass is 10.00. The highest BCUT2D eigenvalue weighted by molar-refractivity contribution is 7.15. The van der Waals surface area contributed by atoms with Crippen LogP contribution in [0.3, 0.4) is 0 Å². The summed E-state index contributed by atoms with van der Waals surface area (Å²) in [5.41, 5.74) is 0. The standard InChI is InChI=1S/C11H17N3O2S/c1-7(2)10-13-14-11(17-10)12-9(15)8-3-5-16-6-4-8/h7-8H,3-6H2,1-2H3,(H,12,14,15). The molecule has 0 atom stereocenters. The van der Waals surface area contributed by atoms with Crippen LogP contribution in [0.15, 0.2) is 0 Å². The predicted octanol–water partition coefficient (Wildman–Crippen LogP) is 2.03. The topological polar surface area (TPSA) is 64.1 Å². The van der Waals surface area contributed by atoms with Crippen LogP contribution in [0.5, 0.6) is 0 Å². The van der Waals surface area contributed by atoms with E-state index in [0.29, 0.717) is 24.3 Å². The molecule has 5 nitrogen and oxygen atoms in total. The third kappa shape index (κ3) is 3.23. The second-order valence-electron chi connectivity index (χ2n) is 4.48. The Morgan fingerprint density at radius 1 is 1.41 bits per heavy atom. The number of carbonyl (C=O) groups excluding carboxylic acids is 1. The van der Waals surface area contributed by atoms with Crippen molar-refractivity contribution >= 4 is 22.4 Å². The Balaban J connectivity index is 1.92. The van der Waals surface area contributed by atoms with Crippen LogP contribution >= 0.6 is 11.3 Å². The maximum atomic E-state index is 11.9. The van der Waals surface area contributed by atoms with E-state index in [9.17, 15) is 4.79 Å². The van der Waals surface area contributed by atoms with Gasteiger partial charge in [0.1, 0.15) is 5.01 Å². The summed E-state index contributed by atoms with van der Waals surface area (Å²) >= 11 is 1.45. The zero-order valence-corrected chi connectivity index (χ0v) is 10.9. The van der Waals surface area contributed by atoms with E-state index < -0.39 is 0 Å². The number of aromatic nitrogens is 2. The van der Waals surface area contributed by atoms with Gasteiger partial charge in [-0.15, -0.1) is 10.2 Å². The van der Waals surface area contributed by atoms with Crippen molar-refractivity contribution in [1.29, 1.82) is 0 Å². The minimum Gasteiger partial charge on any atom is -0.381 e. The van der Waals surface area contributed by atoms with Gasteiger partial charge < -0.3 is 10.1 Å². The number of hydrogen-bond acceptors (Lipinski definition) is 5. The summed E-state index contributed by atoms with van der Waals surface area (Å²) in [4.78, 5) is 11.9. The first-order valence-electron chi connectivity index (χ1n) is 5.89. The quantitative estimate of drug-likeness (QED) is 0.897. The summed E-state index contributed by atoms with van der Waals surface area (Å²) in [6, 6.07) is 0. The molecule has 1 fully saturated rings. The maximum absolute atomic E-state index is 11.9. The molecule has 1 saturated heterocycles. The molecule has 0 bridgehead atoms. The van der Waals surface area contributed by atoms with Crippen molar-refractivity contribution in [2.24, 2.45) is 5.92 Å². The van der Waals surface area contributed by atoms with Crippen molar-refractivity contribution < 1.29 is 9.53 Å². The van der Waals surface area contributed by atoms with Crippen LogP contribution in [0, 0.1) is 5.92 Å². The second-order valence-corrected chi connectivity index (χ2v) is 5.49. The first-order chi connectivity index (χ1) is 8.16. The average molecular weight is 255 g/mol. The summed E-state index contributed by atoms with van der Waals surface area (Å²) in [6.07, 6.45) is 1.59. The Hall–Kier alpha value is -1.01. The van der Waals surface area contributed by atoms with Gasteiger partial charge in [-0.25, -0.2) is 0 Å². The van der Waals surface area contributed by atoms with Crippen LogP contribution in [0.25, 0.3) is 0 Å². The number of anilines is 1. The van der Waals surface area contributed by atoms with Gasteiger partial charge in [0.15, 0.2) is 0 Å².